The molecule has 3 nitrogen and oxygen atoms in total. The lowest BCUT2D eigenvalue weighted by molar-refractivity contribution is -0.157. The number of ether oxygens (including phenoxy) is 2. The fraction of sp³-hybridized carbons (Fsp3) is 0.900. The smallest absolute Gasteiger partial charge is 0.308 e. The summed E-state index contributed by atoms with van der Waals surface area (Å²) in [5, 5.41) is 0. The maximum Gasteiger partial charge on any atom is 0.308 e. The fourth-order valence-corrected chi connectivity index (χ4v) is 0.805. The largest absolute Gasteiger partial charge is 0.438 e. The van der Waals surface area contributed by atoms with E-state index in [0.717, 1.165) is 12.8 Å². The molecule has 0 atom stereocenters. The Labute approximate surface area is 80.4 Å². The molecule has 0 aromatic rings. The number of rotatable bonds is 7. The van der Waals surface area contributed by atoms with E-state index in [1.54, 1.807) is 0 Å². The standard InChI is InChI=1S/C10H20O3/c1-4-5-6-12-8-13-10(11)7-9(2)3/h9H,4-8H2,1-3H3. The number of esters is 1. The van der Waals surface area contributed by atoms with Gasteiger partial charge in [-0.1, -0.05) is 27.2 Å². The van der Waals surface area contributed by atoms with E-state index in [2.05, 4.69) is 6.92 Å². The van der Waals surface area contributed by atoms with E-state index in [4.69, 9.17) is 9.47 Å². The van der Waals surface area contributed by atoms with E-state index in [0.29, 0.717) is 18.9 Å². The Kier molecular flexibility index (Phi) is 7.69. The van der Waals surface area contributed by atoms with Gasteiger partial charge in [0.1, 0.15) is 0 Å². The summed E-state index contributed by atoms with van der Waals surface area (Å²) in [4.78, 5) is 11.0. The minimum Gasteiger partial charge on any atom is -0.438 e. The van der Waals surface area contributed by atoms with Crippen LogP contribution in [0.2, 0.25) is 0 Å². The number of unbranched alkanes of at least 4 members (excludes halogenated alkanes) is 1. The van der Waals surface area contributed by atoms with Crippen LogP contribution in [0.25, 0.3) is 0 Å². The average Bonchev–Trinajstić information content (AvgIpc) is 2.02. The molecule has 0 amide bonds. The first-order valence-electron chi connectivity index (χ1n) is 4.90. The lowest BCUT2D eigenvalue weighted by Gasteiger charge is -2.06. The van der Waals surface area contributed by atoms with Crippen LogP contribution in [0.5, 0.6) is 0 Å². The average molecular weight is 188 g/mol. The molecule has 0 saturated carbocycles. The van der Waals surface area contributed by atoms with Crippen molar-refractivity contribution < 1.29 is 14.3 Å². The van der Waals surface area contributed by atoms with Crippen LogP contribution in [0.1, 0.15) is 40.0 Å². The maximum absolute atomic E-state index is 11.0. The second-order valence-electron chi connectivity index (χ2n) is 3.49. The van der Waals surface area contributed by atoms with Crippen LogP contribution in [-0.2, 0) is 14.3 Å². The van der Waals surface area contributed by atoms with Crippen molar-refractivity contribution in [2.75, 3.05) is 13.4 Å². The van der Waals surface area contributed by atoms with Gasteiger partial charge in [0.25, 0.3) is 0 Å². The van der Waals surface area contributed by atoms with E-state index < -0.39 is 0 Å². The molecule has 0 aliphatic heterocycles. The van der Waals surface area contributed by atoms with Gasteiger partial charge in [0.2, 0.25) is 0 Å². The van der Waals surface area contributed by atoms with Gasteiger partial charge in [-0.3, -0.25) is 4.79 Å². The molecule has 78 valence electrons. The molecule has 0 radical (unpaired) electrons. The fourth-order valence-electron chi connectivity index (χ4n) is 0.805. The summed E-state index contributed by atoms with van der Waals surface area (Å²) in [5.41, 5.74) is 0. The van der Waals surface area contributed by atoms with Crippen LogP contribution < -0.4 is 0 Å². The molecular weight excluding hydrogens is 168 g/mol. The summed E-state index contributed by atoms with van der Waals surface area (Å²) in [7, 11) is 0. The number of carbonyl (C=O) groups excluding carboxylic acids is 1. The van der Waals surface area contributed by atoms with Gasteiger partial charge in [-0.05, 0) is 12.3 Å². The SMILES string of the molecule is CCCCOCOC(=O)CC(C)C. The summed E-state index contributed by atoms with van der Waals surface area (Å²) in [6.07, 6.45) is 2.58. The first-order valence-corrected chi connectivity index (χ1v) is 4.90. The molecule has 0 aromatic heterocycles. The third-order valence-corrected chi connectivity index (χ3v) is 1.52. The van der Waals surface area contributed by atoms with Crippen molar-refractivity contribution in [2.24, 2.45) is 5.92 Å². The molecule has 0 N–H and O–H groups in total. The van der Waals surface area contributed by atoms with Gasteiger partial charge in [-0.2, -0.15) is 0 Å². The van der Waals surface area contributed by atoms with Crippen LogP contribution in [0.3, 0.4) is 0 Å². The highest BCUT2D eigenvalue weighted by atomic mass is 16.7. The first-order chi connectivity index (χ1) is 6.16. The van der Waals surface area contributed by atoms with Gasteiger partial charge >= 0.3 is 5.97 Å². The van der Waals surface area contributed by atoms with Gasteiger partial charge in [-0.25, -0.2) is 0 Å². The Balaban J connectivity index is 3.17. The Hall–Kier alpha value is -0.570. The highest BCUT2D eigenvalue weighted by molar-refractivity contribution is 5.69. The second kappa shape index (κ2) is 8.05. The number of hydrogen-bond acceptors (Lipinski definition) is 3. The highest BCUT2D eigenvalue weighted by Crippen LogP contribution is 2.00. The van der Waals surface area contributed by atoms with Crippen molar-refractivity contribution in [3.63, 3.8) is 0 Å². The number of carbonyl (C=O) groups is 1. The van der Waals surface area contributed by atoms with Gasteiger partial charge < -0.3 is 9.47 Å². The molecule has 0 spiro atoms. The minimum absolute atomic E-state index is 0.103. The Morgan fingerprint density at radius 3 is 2.62 bits per heavy atom. The molecule has 3 heteroatoms. The molecule has 0 aliphatic carbocycles. The Bertz CT molecular complexity index is 132. The molecule has 0 unspecified atom stereocenters. The lowest BCUT2D eigenvalue weighted by atomic mass is 10.1. The molecule has 0 heterocycles. The van der Waals surface area contributed by atoms with E-state index in [1.807, 2.05) is 13.8 Å². The molecular formula is C10H20O3. The van der Waals surface area contributed by atoms with E-state index in [-0.39, 0.29) is 12.8 Å². The van der Waals surface area contributed by atoms with Crippen molar-refractivity contribution >= 4 is 5.97 Å². The highest BCUT2D eigenvalue weighted by Gasteiger charge is 2.04. The minimum atomic E-state index is -0.175. The van der Waals surface area contributed by atoms with Crippen LogP contribution in [-0.4, -0.2) is 19.4 Å². The van der Waals surface area contributed by atoms with Crippen molar-refractivity contribution in [2.45, 2.75) is 40.0 Å². The van der Waals surface area contributed by atoms with Crippen molar-refractivity contribution in [1.82, 2.24) is 0 Å². The van der Waals surface area contributed by atoms with Gasteiger partial charge in [0.05, 0.1) is 6.61 Å². The zero-order chi connectivity index (χ0) is 10.1. The van der Waals surface area contributed by atoms with Crippen LogP contribution >= 0.6 is 0 Å². The summed E-state index contributed by atoms with van der Waals surface area (Å²) in [5.74, 6) is 0.176. The molecule has 13 heavy (non-hydrogen) atoms. The Morgan fingerprint density at radius 2 is 2.08 bits per heavy atom. The second-order valence-corrected chi connectivity index (χ2v) is 3.49. The van der Waals surface area contributed by atoms with Gasteiger partial charge in [0.15, 0.2) is 6.79 Å². The predicted octanol–water partition coefficient (Wildman–Crippen LogP) is 2.35. The summed E-state index contributed by atoms with van der Waals surface area (Å²) >= 11 is 0. The van der Waals surface area contributed by atoms with Crippen molar-refractivity contribution in [3.05, 3.63) is 0 Å². The monoisotopic (exact) mass is 188 g/mol. The third kappa shape index (κ3) is 9.34. The van der Waals surface area contributed by atoms with Crippen LogP contribution in [0.15, 0.2) is 0 Å². The van der Waals surface area contributed by atoms with Crippen LogP contribution in [0, 0.1) is 5.92 Å². The van der Waals surface area contributed by atoms with Gasteiger partial charge in [-0.15, -0.1) is 0 Å². The van der Waals surface area contributed by atoms with Gasteiger partial charge in [0, 0.05) is 6.42 Å². The van der Waals surface area contributed by atoms with Crippen LogP contribution in [0.4, 0.5) is 0 Å². The lowest BCUT2D eigenvalue weighted by Crippen LogP contribution is -2.11. The van der Waals surface area contributed by atoms with Crippen molar-refractivity contribution in [1.29, 1.82) is 0 Å². The zero-order valence-electron chi connectivity index (χ0n) is 8.84. The van der Waals surface area contributed by atoms with E-state index in [9.17, 15) is 4.79 Å². The topological polar surface area (TPSA) is 35.5 Å². The summed E-state index contributed by atoms with van der Waals surface area (Å²) < 4.78 is 9.92. The normalized spacial score (nSPS) is 10.5. The third-order valence-electron chi connectivity index (χ3n) is 1.52. The van der Waals surface area contributed by atoms with E-state index in [1.165, 1.54) is 0 Å². The molecule has 0 saturated heterocycles. The van der Waals surface area contributed by atoms with E-state index >= 15 is 0 Å². The molecule has 0 aromatic carbocycles. The molecule has 0 rings (SSSR count). The first kappa shape index (κ1) is 12.4. The zero-order valence-corrected chi connectivity index (χ0v) is 8.84. The molecule has 0 fully saturated rings. The predicted molar refractivity (Wildman–Crippen MR) is 51.3 cm³/mol. The Morgan fingerprint density at radius 1 is 1.38 bits per heavy atom. The quantitative estimate of drug-likeness (QED) is 0.349. The summed E-state index contributed by atoms with van der Waals surface area (Å²) in [6, 6.07) is 0. The molecule has 0 bridgehead atoms. The summed E-state index contributed by atoms with van der Waals surface area (Å²) in [6.45, 7) is 6.84. The molecule has 0 aliphatic rings. The van der Waals surface area contributed by atoms with Crippen molar-refractivity contribution in [3.8, 4) is 0 Å². The number of hydrogen-bond donors (Lipinski definition) is 0. The maximum atomic E-state index is 11.0.